The number of hydrogen-bond donors (Lipinski definition) is 3. The van der Waals surface area contributed by atoms with Crippen molar-refractivity contribution in [2.75, 3.05) is 11.9 Å². The number of carboxylic acid groups (broad SMARTS) is 1. The summed E-state index contributed by atoms with van der Waals surface area (Å²) in [4.78, 5) is 36.3. The number of benzene rings is 1. The second kappa shape index (κ2) is 9.53. The summed E-state index contributed by atoms with van der Waals surface area (Å²) in [6.07, 6.45) is 5.66. The molecular weight excluding hydrogens is 344 g/mol. The van der Waals surface area contributed by atoms with Crippen LogP contribution in [-0.4, -0.2) is 29.4 Å². The third-order valence-electron chi connectivity index (χ3n) is 5.48. The van der Waals surface area contributed by atoms with Gasteiger partial charge < -0.3 is 15.7 Å². The molecule has 6 nitrogen and oxygen atoms in total. The molecule has 1 atom stereocenters. The number of carbonyl (C=O) groups excluding carboxylic acids is 2. The Hall–Kier alpha value is -2.37. The third-order valence-corrected chi connectivity index (χ3v) is 5.48. The lowest BCUT2D eigenvalue weighted by atomic mass is 9.67. The molecule has 1 unspecified atom stereocenters. The highest BCUT2D eigenvalue weighted by Crippen LogP contribution is 2.42. The maximum absolute atomic E-state index is 13.0. The largest absolute Gasteiger partial charge is 0.481 e. The minimum absolute atomic E-state index is 0.0708. The van der Waals surface area contributed by atoms with Crippen LogP contribution in [0.3, 0.4) is 0 Å². The quantitative estimate of drug-likeness (QED) is 0.644. The molecule has 0 bridgehead atoms. The van der Waals surface area contributed by atoms with Crippen LogP contribution >= 0.6 is 0 Å². The van der Waals surface area contributed by atoms with Gasteiger partial charge in [-0.2, -0.15) is 0 Å². The standard InChI is InChI=1S/C21H30N2O4/c1-3-13-22-19(26)15-9-11-17(12-10-15)23-20(27)21(2,14-18(24)25)16-7-5-4-6-8-16/h9-12,16H,3-8,13-14H2,1-2H3,(H,22,26)(H,23,27)(H,24,25). The van der Waals surface area contributed by atoms with Gasteiger partial charge in [-0.3, -0.25) is 14.4 Å². The number of nitrogens with one attached hydrogen (secondary N) is 2. The van der Waals surface area contributed by atoms with Crippen molar-refractivity contribution in [2.45, 2.75) is 58.8 Å². The Morgan fingerprint density at radius 2 is 1.74 bits per heavy atom. The number of amides is 2. The van der Waals surface area contributed by atoms with Gasteiger partial charge >= 0.3 is 5.97 Å². The van der Waals surface area contributed by atoms with E-state index in [9.17, 15) is 19.5 Å². The fourth-order valence-electron chi connectivity index (χ4n) is 3.78. The van der Waals surface area contributed by atoms with Crippen molar-refractivity contribution in [3.63, 3.8) is 0 Å². The highest BCUT2D eigenvalue weighted by Gasteiger charge is 2.43. The summed E-state index contributed by atoms with van der Waals surface area (Å²) in [7, 11) is 0. The monoisotopic (exact) mass is 374 g/mol. The first-order valence-electron chi connectivity index (χ1n) is 9.78. The number of aliphatic carboxylic acids is 1. The molecule has 0 heterocycles. The topological polar surface area (TPSA) is 95.5 Å². The van der Waals surface area contributed by atoms with E-state index < -0.39 is 11.4 Å². The summed E-state index contributed by atoms with van der Waals surface area (Å²) in [5, 5.41) is 15.0. The molecule has 1 aromatic carbocycles. The molecule has 1 fully saturated rings. The second-order valence-electron chi connectivity index (χ2n) is 7.61. The van der Waals surface area contributed by atoms with Crippen molar-refractivity contribution in [1.29, 1.82) is 0 Å². The van der Waals surface area contributed by atoms with Crippen LogP contribution in [-0.2, 0) is 9.59 Å². The molecule has 1 aromatic rings. The van der Waals surface area contributed by atoms with Crippen LogP contribution in [0.4, 0.5) is 5.69 Å². The van der Waals surface area contributed by atoms with Gasteiger partial charge in [0.1, 0.15) is 0 Å². The number of rotatable bonds is 8. The maximum atomic E-state index is 13.0. The molecule has 148 valence electrons. The average molecular weight is 374 g/mol. The van der Waals surface area contributed by atoms with Crippen molar-refractivity contribution in [3.05, 3.63) is 29.8 Å². The average Bonchev–Trinajstić information content (AvgIpc) is 2.66. The second-order valence-corrected chi connectivity index (χ2v) is 7.61. The van der Waals surface area contributed by atoms with Crippen LogP contribution in [0.5, 0.6) is 0 Å². The molecule has 2 rings (SSSR count). The van der Waals surface area contributed by atoms with E-state index in [4.69, 9.17) is 0 Å². The van der Waals surface area contributed by atoms with Crippen LogP contribution in [0.25, 0.3) is 0 Å². The molecule has 0 aliphatic heterocycles. The van der Waals surface area contributed by atoms with Crippen LogP contribution < -0.4 is 10.6 Å². The van der Waals surface area contributed by atoms with Crippen LogP contribution in [0.2, 0.25) is 0 Å². The number of carbonyl (C=O) groups is 3. The normalized spacial score (nSPS) is 17.0. The minimum Gasteiger partial charge on any atom is -0.481 e. The summed E-state index contributed by atoms with van der Waals surface area (Å²) in [5.41, 5.74) is 0.158. The molecule has 1 saturated carbocycles. The lowest BCUT2D eigenvalue weighted by Gasteiger charge is -2.37. The Bertz CT molecular complexity index is 665. The summed E-state index contributed by atoms with van der Waals surface area (Å²) >= 11 is 0. The van der Waals surface area contributed by atoms with Crippen molar-refractivity contribution < 1.29 is 19.5 Å². The van der Waals surface area contributed by atoms with E-state index in [1.165, 1.54) is 0 Å². The first-order valence-corrected chi connectivity index (χ1v) is 9.78. The van der Waals surface area contributed by atoms with E-state index in [1.807, 2.05) is 6.92 Å². The molecular formula is C21H30N2O4. The van der Waals surface area contributed by atoms with Gasteiger partial charge in [-0.25, -0.2) is 0 Å². The fourth-order valence-corrected chi connectivity index (χ4v) is 3.78. The van der Waals surface area contributed by atoms with E-state index >= 15 is 0 Å². The van der Waals surface area contributed by atoms with Crippen molar-refractivity contribution >= 4 is 23.5 Å². The van der Waals surface area contributed by atoms with Gasteiger partial charge in [0.15, 0.2) is 0 Å². The Balaban J connectivity index is 2.09. The zero-order chi connectivity index (χ0) is 19.9. The van der Waals surface area contributed by atoms with E-state index in [-0.39, 0.29) is 24.2 Å². The van der Waals surface area contributed by atoms with Crippen LogP contribution in [0.15, 0.2) is 24.3 Å². The Morgan fingerprint density at radius 1 is 1.11 bits per heavy atom. The molecule has 1 aliphatic rings. The third kappa shape index (κ3) is 5.55. The molecule has 6 heteroatoms. The first-order chi connectivity index (χ1) is 12.9. The summed E-state index contributed by atoms with van der Waals surface area (Å²) in [6, 6.07) is 6.69. The molecule has 1 aliphatic carbocycles. The van der Waals surface area contributed by atoms with Gasteiger partial charge in [-0.15, -0.1) is 0 Å². The Kier molecular flexibility index (Phi) is 7.39. The lowest BCUT2D eigenvalue weighted by Crippen LogP contribution is -2.42. The van der Waals surface area contributed by atoms with E-state index in [2.05, 4.69) is 10.6 Å². The fraction of sp³-hybridized carbons (Fsp3) is 0.571. The first kappa shape index (κ1) is 20.9. The smallest absolute Gasteiger partial charge is 0.304 e. The number of anilines is 1. The van der Waals surface area contributed by atoms with Gasteiger partial charge in [-0.05, 0) is 56.4 Å². The van der Waals surface area contributed by atoms with Gasteiger partial charge in [0.25, 0.3) is 5.91 Å². The summed E-state index contributed by atoms with van der Waals surface area (Å²) < 4.78 is 0. The molecule has 3 N–H and O–H groups in total. The maximum Gasteiger partial charge on any atom is 0.304 e. The molecule has 0 aromatic heterocycles. The van der Waals surface area contributed by atoms with E-state index in [1.54, 1.807) is 31.2 Å². The summed E-state index contributed by atoms with van der Waals surface area (Å²) in [6.45, 7) is 4.37. The predicted octanol–water partition coefficient (Wildman–Crippen LogP) is 3.83. The molecule has 27 heavy (non-hydrogen) atoms. The zero-order valence-electron chi connectivity index (χ0n) is 16.2. The molecule has 0 spiro atoms. The Labute approximate surface area is 160 Å². The van der Waals surface area contributed by atoms with E-state index in [0.717, 1.165) is 38.5 Å². The highest BCUT2D eigenvalue weighted by molar-refractivity contribution is 5.98. The zero-order valence-corrected chi connectivity index (χ0v) is 16.2. The minimum atomic E-state index is -0.957. The van der Waals surface area contributed by atoms with Gasteiger partial charge in [-0.1, -0.05) is 26.2 Å². The number of carboxylic acids is 1. The van der Waals surface area contributed by atoms with Crippen molar-refractivity contribution in [1.82, 2.24) is 5.32 Å². The van der Waals surface area contributed by atoms with Crippen LogP contribution in [0.1, 0.15) is 69.2 Å². The van der Waals surface area contributed by atoms with Gasteiger partial charge in [0.05, 0.1) is 11.8 Å². The van der Waals surface area contributed by atoms with Crippen LogP contribution in [0, 0.1) is 11.3 Å². The number of hydrogen-bond acceptors (Lipinski definition) is 3. The molecule has 2 amide bonds. The van der Waals surface area contributed by atoms with Crippen molar-refractivity contribution in [2.24, 2.45) is 11.3 Å². The summed E-state index contributed by atoms with van der Waals surface area (Å²) in [5.74, 6) is -1.30. The Morgan fingerprint density at radius 3 is 2.30 bits per heavy atom. The van der Waals surface area contributed by atoms with E-state index in [0.29, 0.717) is 17.8 Å². The molecule has 0 radical (unpaired) electrons. The van der Waals surface area contributed by atoms with Gasteiger partial charge in [0.2, 0.25) is 5.91 Å². The highest BCUT2D eigenvalue weighted by atomic mass is 16.4. The molecule has 0 saturated heterocycles. The predicted molar refractivity (Wildman–Crippen MR) is 105 cm³/mol. The van der Waals surface area contributed by atoms with Gasteiger partial charge in [0, 0.05) is 17.8 Å². The lowest BCUT2D eigenvalue weighted by molar-refractivity contribution is -0.145. The van der Waals surface area contributed by atoms with Crippen molar-refractivity contribution in [3.8, 4) is 0 Å². The SMILES string of the molecule is CCCNC(=O)c1ccc(NC(=O)C(C)(CC(=O)O)C2CCCCC2)cc1.